The van der Waals surface area contributed by atoms with Crippen molar-refractivity contribution in [3.63, 3.8) is 0 Å². The first-order valence-corrected chi connectivity index (χ1v) is 7.61. The Labute approximate surface area is 114 Å². The second kappa shape index (κ2) is 7.04. The van der Waals surface area contributed by atoms with E-state index in [9.17, 15) is 13.2 Å². The van der Waals surface area contributed by atoms with Crippen LogP contribution in [0.1, 0.15) is 6.92 Å². The van der Waals surface area contributed by atoms with Crippen LogP contribution in [0, 0.1) is 5.92 Å². The first-order chi connectivity index (χ1) is 8.89. The average molecular weight is 294 g/mol. The van der Waals surface area contributed by atoms with Crippen LogP contribution in [0.3, 0.4) is 0 Å². The zero-order valence-corrected chi connectivity index (χ0v) is 12.1. The third-order valence-electron chi connectivity index (χ3n) is 3.04. The maximum absolute atomic E-state index is 11.8. The number of rotatable bonds is 5. The Morgan fingerprint density at radius 2 is 1.95 bits per heavy atom. The Morgan fingerprint density at radius 3 is 2.42 bits per heavy atom. The molecular formula is C10H22N4O4S. The molecule has 0 bridgehead atoms. The Kier molecular flexibility index (Phi) is 5.98. The van der Waals surface area contributed by atoms with Gasteiger partial charge in [0.05, 0.1) is 7.11 Å². The molecular weight excluding hydrogens is 272 g/mol. The van der Waals surface area contributed by atoms with Gasteiger partial charge in [-0.25, -0.2) is 9.52 Å². The molecule has 1 aliphatic rings. The number of methoxy groups -OCH3 is 1. The van der Waals surface area contributed by atoms with Gasteiger partial charge in [-0.2, -0.15) is 12.7 Å². The standard InChI is InChI=1S/C10H22N4O4S/c1-9(7-11)8-13-3-5-14(6-4-13)19(16,17)12-10(15)18-2/h9H,3-8,11H2,1-2H3,(H,12,15). The molecule has 1 amide bonds. The molecule has 0 radical (unpaired) electrons. The molecule has 19 heavy (non-hydrogen) atoms. The van der Waals surface area contributed by atoms with Gasteiger partial charge in [0.15, 0.2) is 0 Å². The highest BCUT2D eigenvalue weighted by molar-refractivity contribution is 7.87. The molecule has 1 unspecified atom stereocenters. The third kappa shape index (κ3) is 4.94. The summed E-state index contributed by atoms with van der Waals surface area (Å²) in [5.74, 6) is 0.386. The minimum absolute atomic E-state index is 0.351. The molecule has 0 spiro atoms. The second-order valence-corrected chi connectivity index (χ2v) is 6.31. The first-order valence-electron chi connectivity index (χ1n) is 6.17. The SMILES string of the molecule is COC(=O)NS(=O)(=O)N1CCN(CC(C)CN)CC1. The van der Waals surface area contributed by atoms with Gasteiger partial charge in [-0.1, -0.05) is 6.92 Å². The summed E-state index contributed by atoms with van der Waals surface area (Å²) in [5, 5.41) is 0. The van der Waals surface area contributed by atoms with Crippen molar-refractivity contribution in [3.05, 3.63) is 0 Å². The predicted molar refractivity (Wildman–Crippen MR) is 70.7 cm³/mol. The molecule has 0 saturated carbocycles. The highest BCUT2D eigenvalue weighted by Crippen LogP contribution is 2.08. The monoisotopic (exact) mass is 294 g/mol. The average Bonchev–Trinajstić information content (AvgIpc) is 2.38. The van der Waals surface area contributed by atoms with Crippen molar-refractivity contribution < 1.29 is 17.9 Å². The lowest BCUT2D eigenvalue weighted by atomic mass is 10.1. The Bertz CT molecular complexity index is 392. The molecule has 0 aliphatic carbocycles. The smallest absolute Gasteiger partial charge is 0.421 e. The third-order valence-corrected chi connectivity index (χ3v) is 4.51. The molecule has 112 valence electrons. The highest BCUT2D eigenvalue weighted by atomic mass is 32.2. The van der Waals surface area contributed by atoms with Crippen LogP contribution in [0.4, 0.5) is 4.79 Å². The van der Waals surface area contributed by atoms with Gasteiger partial charge >= 0.3 is 16.3 Å². The Balaban J connectivity index is 2.47. The Morgan fingerprint density at radius 1 is 1.37 bits per heavy atom. The predicted octanol–water partition coefficient (Wildman–Crippen LogP) is -1.20. The molecule has 1 heterocycles. The van der Waals surface area contributed by atoms with Crippen molar-refractivity contribution in [1.29, 1.82) is 0 Å². The molecule has 0 aromatic rings. The van der Waals surface area contributed by atoms with Gasteiger partial charge in [0.25, 0.3) is 0 Å². The number of carbonyl (C=O) groups is 1. The van der Waals surface area contributed by atoms with Crippen LogP contribution >= 0.6 is 0 Å². The number of nitrogens with two attached hydrogens (primary N) is 1. The zero-order chi connectivity index (χ0) is 14.5. The number of amides is 1. The summed E-state index contributed by atoms with van der Waals surface area (Å²) in [7, 11) is -2.67. The molecule has 1 rings (SSSR count). The number of hydrogen-bond acceptors (Lipinski definition) is 6. The summed E-state index contributed by atoms with van der Waals surface area (Å²) in [6.45, 7) is 5.49. The van der Waals surface area contributed by atoms with E-state index in [0.717, 1.165) is 13.7 Å². The maximum Gasteiger partial charge on any atom is 0.421 e. The summed E-state index contributed by atoms with van der Waals surface area (Å²) in [6, 6.07) is 0. The van der Waals surface area contributed by atoms with Crippen LogP contribution in [0.15, 0.2) is 0 Å². The first kappa shape index (κ1) is 16.2. The lowest BCUT2D eigenvalue weighted by molar-refractivity contribution is 0.164. The van der Waals surface area contributed by atoms with Gasteiger partial charge in [-0.15, -0.1) is 0 Å². The molecule has 9 heteroatoms. The zero-order valence-electron chi connectivity index (χ0n) is 11.3. The summed E-state index contributed by atoms with van der Waals surface area (Å²) in [5.41, 5.74) is 5.56. The second-order valence-electron chi connectivity index (χ2n) is 4.64. The number of ether oxygens (including phenoxy) is 1. The van der Waals surface area contributed by atoms with Crippen molar-refractivity contribution in [2.75, 3.05) is 46.4 Å². The van der Waals surface area contributed by atoms with Crippen LogP contribution in [0.25, 0.3) is 0 Å². The van der Waals surface area contributed by atoms with Gasteiger partial charge in [-0.3, -0.25) is 0 Å². The van der Waals surface area contributed by atoms with Crippen molar-refractivity contribution in [2.24, 2.45) is 11.7 Å². The molecule has 1 atom stereocenters. The summed E-state index contributed by atoms with van der Waals surface area (Å²) in [4.78, 5) is 13.1. The van der Waals surface area contributed by atoms with Crippen molar-refractivity contribution >= 4 is 16.3 Å². The van der Waals surface area contributed by atoms with E-state index in [4.69, 9.17) is 5.73 Å². The highest BCUT2D eigenvalue weighted by Gasteiger charge is 2.28. The van der Waals surface area contributed by atoms with E-state index in [0.29, 0.717) is 38.6 Å². The van der Waals surface area contributed by atoms with E-state index < -0.39 is 16.3 Å². The number of carbonyl (C=O) groups excluding carboxylic acids is 1. The quantitative estimate of drug-likeness (QED) is 0.660. The van der Waals surface area contributed by atoms with E-state index in [1.807, 2.05) is 4.72 Å². The molecule has 3 N–H and O–H groups in total. The topological polar surface area (TPSA) is 105 Å². The lowest BCUT2D eigenvalue weighted by Gasteiger charge is -2.34. The van der Waals surface area contributed by atoms with Gasteiger partial charge in [0, 0.05) is 32.7 Å². The number of nitrogens with one attached hydrogen (secondary N) is 1. The van der Waals surface area contributed by atoms with Gasteiger partial charge < -0.3 is 15.4 Å². The fourth-order valence-electron chi connectivity index (χ4n) is 1.88. The van der Waals surface area contributed by atoms with E-state index >= 15 is 0 Å². The number of piperazine rings is 1. The minimum atomic E-state index is -3.79. The van der Waals surface area contributed by atoms with E-state index in [-0.39, 0.29) is 0 Å². The normalized spacial score (nSPS) is 19.9. The van der Waals surface area contributed by atoms with Crippen LogP contribution in [0.5, 0.6) is 0 Å². The van der Waals surface area contributed by atoms with Crippen molar-refractivity contribution in [1.82, 2.24) is 13.9 Å². The van der Waals surface area contributed by atoms with Crippen molar-refractivity contribution in [3.8, 4) is 0 Å². The van der Waals surface area contributed by atoms with Gasteiger partial charge in [0.1, 0.15) is 0 Å². The van der Waals surface area contributed by atoms with Crippen LogP contribution < -0.4 is 10.5 Å². The van der Waals surface area contributed by atoms with E-state index in [1.54, 1.807) is 0 Å². The van der Waals surface area contributed by atoms with Crippen LogP contribution in [-0.2, 0) is 14.9 Å². The van der Waals surface area contributed by atoms with Gasteiger partial charge in [-0.05, 0) is 12.5 Å². The molecule has 0 aromatic heterocycles. The minimum Gasteiger partial charge on any atom is -0.452 e. The van der Waals surface area contributed by atoms with Crippen LogP contribution in [-0.4, -0.2) is 70.1 Å². The molecule has 1 fully saturated rings. The lowest BCUT2D eigenvalue weighted by Crippen LogP contribution is -2.53. The maximum atomic E-state index is 11.8. The number of hydrogen-bond donors (Lipinski definition) is 2. The van der Waals surface area contributed by atoms with Gasteiger partial charge in [0.2, 0.25) is 0 Å². The van der Waals surface area contributed by atoms with E-state index in [2.05, 4.69) is 16.6 Å². The molecule has 1 saturated heterocycles. The van der Waals surface area contributed by atoms with Crippen LogP contribution in [0.2, 0.25) is 0 Å². The molecule has 8 nitrogen and oxygen atoms in total. The summed E-state index contributed by atoms with van der Waals surface area (Å²) in [6.07, 6.45) is -0.973. The fraction of sp³-hybridized carbons (Fsp3) is 0.900. The Hall–Kier alpha value is -0.900. The summed E-state index contributed by atoms with van der Waals surface area (Å²) >= 11 is 0. The fourth-order valence-corrected chi connectivity index (χ4v) is 2.95. The van der Waals surface area contributed by atoms with E-state index in [1.165, 1.54) is 4.31 Å². The largest absolute Gasteiger partial charge is 0.452 e. The molecule has 0 aromatic carbocycles. The van der Waals surface area contributed by atoms with Crippen molar-refractivity contribution in [2.45, 2.75) is 6.92 Å². The number of nitrogens with zero attached hydrogens (tertiary/aromatic N) is 2. The summed E-state index contributed by atoms with van der Waals surface area (Å²) < 4.78 is 31.0. The molecule has 1 aliphatic heterocycles.